The molecule has 5 nitrogen and oxygen atoms in total. The molecule has 0 radical (unpaired) electrons. The van der Waals surface area contributed by atoms with E-state index >= 15 is 0 Å². The molecule has 0 aromatic heterocycles. The third kappa shape index (κ3) is 3.71. The number of halogens is 1. The van der Waals surface area contributed by atoms with E-state index in [0.29, 0.717) is 18.0 Å². The fraction of sp³-hybridized carbons (Fsp3) is 0.500. The van der Waals surface area contributed by atoms with Crippen LogP contribution < -0.4 is 5.32 Å². The van der Waals surface area contributed by atoms with Gasteiger partial charge in [0.25, 0.3) is 0 Å². The molecular weight excluding hydrogens is 304 g/mol. The second kappa shape index (κ2) is 7.01. The summed E-state index contributed by atoms with van der Waals surface area (Å²) in [5.41, 5.74) is 0.876. The van der Waals surface area contributed by atoms with Crippen molar-refractivity contribution in [2.24, 2.45) is 11.8 Å². The van der Waals surface area contributed by atoms with Crippen LogP contribution in [0.25, 0.3) is 0 Å². The van der Waals surface area contributed by atoms with E-state index in [2.05, 4.69) is 5.32 Å². The summed E-state index contributed by atoms with van der Waals surface area (Å²) in [6.45, 7) is 4.75. The molecule has 22 heavy (non-hydrogen) atoms. The normalized spacial score (nSPS) is 19.3. The summed E-state index contributed by atoms with van der Waals surface area (Å²) in [6, 6.07) is 7.00. The van der Waals surface area contributed by atoms with Gasteiger partial charge in [-0.3, -0.25) is 4.79 Å². The number of rotatable bonds is 4. The predicted molar refractivity (Wildman–Crippen MR) is 84.9 cm³/mol. The number of nitrogens with zero attached hydrogens (tertiary/aromatic N) is 1. The van der Waals surface area contributed by atoms with Gasteiger partial charge in [-0.05, 0) is 24.0 Å². The first-order valence-corrected chi connectivity index (χ1v) is 7.80. The number of urea groups is 1. The van der Waals surface area contributed by atoms with Gasteiger partial charge in [0.1, 0.15) is 0 Å². The van der Waals surface area contributed by atoms with E-state index in [-0.39, 0.29) is 24.5 Å². The monoisotopic (exact) mass is 324 g/mol. The lowest BCUT2D eigenvalue weighted by molar-refractivity contribution is -0.141. The largest absolute Gasteiger partial charge is 0.481 e. The molecule has 2 unspecified atom stereocenters. The zero-order chi connectivity index (χ0) is 16.3. The maximum atomic E-state index is 12.4. The fourth-order valence-electron chi connectivity index (χ4n) is 2.70. The van der Waals surface area contributed by atoms with Gasteiger partial charge in [-0.25, -0.2) is 4.79 Å². The summed E-state index contributed by atoms with van der Waals surface area (Å²) in [4.78, 5) is 24.9. The minimum atomic E-state index is -0.846. The molecule has 0 spiro atoms. The van der Waals surface area contributed by atoms with Crippen LogP contribution in [0.3, 0.4) is 0 Å². The van der Waals surface area contributed by atoms with Gasteiger partial charge in [0, 0.05) is 18.1 Å². The molecule has 1 saturated heterocycles. The maximum absolute atomic E-state index is 12.4. The van der Waals surface area contributed by atoms with Crippen LogP contribution in [0.15, 0.2) is 24.3 Å². The van der Waals surface area contributed by atoms with Crippen LogP contribution in [0.1, 0.15) is 31.9 Å². The topological polar surface area (TPSA) is 69.6 Å². The number of likely N-dealkylation sites (tertiary alicyclic amines) is 1. The minimum absolute atomic E-state index is 0.168. The summed E-state index contributed by atoms with van der Waals surface area (Å²) < 4.78 is 0. The average molecular weight is 325 g/mol. The van der Waals surface area contributed by atoms with Gasteiger partial charge in [-0.2, -0.15) is 0 Å². The van der Waals surface area contributed by atoms with Crippen LogP contribution in [0.2, 0.25) is 5.02 Å². The van der Waals surface area contributed by atoms with Gasteiger partial charge in [-0.15, -0.1) is 0 Å². The van der Waals surface area contributed by atoms with Crippen molar-refractivity contribution in [3.8, 4) is 0 Å². The van der Waals surface area contributed by atoms with E-state index in [0.717, 1.165) is 5.56 Å². The lowest BCUT2D eigenvalue weighted by Gasteiger charge is -2.27. The highest BCUT2D eigenvalue weighted by Crippen LogP contribution is 2.28. The molecule has 1 aliphatic heterocycles. The van der Waals surface area contributed by atoms with Crippen molar-refractivity contribution in [1.82, 2.24) is 10.2 Å². The summed E-state index contributed by atoms with van der Waals surface area (Å²) in [5, 5.41) is 12.6. The Kier molecular flexibility index (Phi) is 5.29. The number of carbonyl (C=O) groups excluding carboxylic acids is 1. The summed E-state index contributed by atoms with van der Waals surface area (Å²) in [6.07, 6.45) is 0.501. The number of nitrogens with one attached hydrogen (secondary N) is 1. The van der Waals surface area contributed by atoms with Crippen LogP contribution >= 0.6 is 11.6 Å². The molecule has 1 fully saturated rings. The van der Waals surface area contributed by atoms with E-state index in [1.165, 1.54) is 0 Å². The molecule has 2 rings (SSSR count). The van der Waals surface area contributed by atoms with E-state index in [4.69, 9.17) is 16.7 Å². The third-order valence-corrected chi connectivity index (χ3v) is 4.35. The van der Waals surface area contributed by atoms with E-state index < -0.39 is 11.9 Å². The Hall–Kier alpha value is -1.75. The number of carboxylic acids is 1. The molecule has 0 aliphatic carbocycles. The highest BCUT2D eigenvalue weighted by molar-refractivity contribution is 6.31. The number of carboxylic acid groups (broad SMARTS) is 1. The zero-order valence-electron chi connectivity index (χ0n) is 12.8. The quantitative estimate of drug-likeness (QED) is 0.893. The lowest BCUT2D eigenvalue weighted by Crippen LogP contribution is -2.42. The highest BCUT2D eigenvalue weighted by atomic mass is 35.5. The van der Waals surface area contributed by atoms with Crippen molar-refractivity contribution in [1.29, 1.82) is 0 Å². The maximum Gasteiger partial charge on any atom is 0.317 e. The van der Waals surface area contributed by atoms with Gasteiger partial charge in [0.2, 0.25) is 0 Å². The van der Waals surface area contributed by atoms with Gasteiger partial charge >= 0.3 is 12.0 Å². The van der Waals surface area contributed by atoms with Gasteiger partial charge < -0.3 is 15.3 Å². The Morgan fingerprint density at radius 1 is 1.36 bits per heavy atom. The van der Waals surface area contributed by atoms with Crippen LogP contribution in [0, 0.1) is 11.8 Å². The molecule has 6 heteroatoms. The molecule has 2 N–H and O–H groups in total. The Balaban J connectivity index is 2.08. The molecule has 1 aromatic rings. The summed E-state index contributed by atoms with van der Waals surface area (Å²) in [7, 11) is 0. The molecule has 120 valence electrons. The molecular formula is C16H21ClN2O3. The second-order valence-electron chi connectivity index (χ2n) is 5.96. The van der Waals surface area contributed by atoms with Crippen LogP contribution in [0.5, 0.6) is 0 Å². The van der Waals surface area contributed by atoms with Gasteiger partial charge in [0.15, 0.2) is 0 Å². The van der Waals surface area contributed by atoms with E-state index in [9.17, 15) is 9.59 Å². The molecule has 2 atom stereocenters. The first kappa shape index (κ1) is 16.6. The second-order valence-corrected chi connectivity index (χ2v) is 6.37. The molecule has 1 aliphatic rings. The van der Waals surface area contributed by atoms with Crippen molar-refractivity contribution in [3.05, 3.63) is 34.9 Å². The molecule has 1 aromatic carbocycles. The third-order valence-electron chi connectivity index (χ3n) is 4.01. The zero-order valence-corrected chi connectivity index (χ0v) is 13.5. The first-order chi connectivity index (χ1) is 10.4. The van der Waals surface area contributed by atoms with Crippen molar-refractivity contribution >= 4 is 23.6 Å². The summed E-state index contributed by atoms with van der Waals surface area (Å²) >= 11 is 6.23. The number of carbonyl (C=O) groups is 2. The van der Waals surface area contributed by atoms with Crippen LogP contribution in [-0.2, 0) is 4.79 Å². The smallest absolute Gasteiger partial charge is 0.317 e. The molecule has 1 heterocycles. The van der Waals surface area contributed by atoms with Crippen molar-refractivity contribution in [3.63, 3.8) is 0 Å². The minimum Gasteiger partial charge on any atom is -0.481 e. The van der Waals surface area contributed by atoms with Gasteiger partial charge in [-0.1, -0.05) is 43.6 Å². The number of hydrogen-bond donors (Lipinski definition) is 2. The SMILES string of the molecule is CC(C)C(NC(=O)N1CCC(C(=O)O)C1)c1ccccc1Cl. The molecule has 0 saturated carbocycles. The Bertz CT molecular complexity index is 562. The molecule has 0 bridgehead atoms. The van der Waals surface area contributed by atoms with E-state index in [1.807, 2.05) is 32.0 Å². The Labute approximate surface area is 135 Å². The number of benzene rings is 1. The fourth-order valence-corrected chi connectivity index (χ4v) is 2.95. The van der Waals surface area contributed by atoms with Gasteiger partial charge in [0.05, 0.1) is 12.0 Å². The number of amides is 2. The van der Waals surface area contributed by atoms with Crippen molar-refractivity contribution < 1.29 is 14.7 Å². The lowest BCUT2D eigenvalue weighted by atomic mass is 9.96. The summed E-state index contributed by atoms with van der Waals surface area (Å²) in [5.74, 6) is -1.15. The first-order valence-electron chi connectivity index (χ1n) is 7.42. The average Bonchev–Trinajstić information content (AvgIpc) is 2.95. The number of hydrogen-bond acceptors (Lipinski definition) is 2. The predicted octanol–water partition coefficient (Wildman–Crippen LogP) is 3.15. The van der Waals surface area contributed by atoms with Crippen LogP contribution in [-0.4, -0.2) is 35.1 Å². The Morgan fingerprint density at radius 2 is 2.05 bits per heavy atom. The standard InChI is InChI=1S/C16H21ClN2O3/c1-10(2)14(12-5-3-4-6-13(12)17)18-16(22)19-8-7-11(9-19)15(20)21/h3-6,10-11,14H,7-9H2,1-2H3,(H,18,22)(H,20,21). The Morgan fingerprint density at radius 3 is 2.59 bits per heavy atom. The highest BCUT2D eigenvalue weighted by Gasteiger charge is 2.32. The van der Waals surface area contributed by atoms with Crippen molar-refractivity contribution in [2.75, 3.05) is 13.1 Å². The van der Waals surface area contributed by atoms with Crippen molar-refractivity contribution in [2.45, 2.75) is 26.3 Å². The van der Waals surface area contributed by atoms with Crippen LogP contribution in [0.4, 0.5) is 4.79 Å². The van der Waals surface area contributed by atoms with E-state index in [1.54, 1.807) is 11.0 Å². The molecule has 2 amide bonds. The number of aliphatic carboxylic acids is 1.